The number of rotatable bonds is 5. The number of hydrogen-bond acceptors (Lipinski definition) is 8. The molecule has 2 heterocycles. The van der Waals surface area contributed by atoms with Crippen LogP contribution in [0.1, 0.15) is 29.9 Å². The zero-order chi connectivity index (χ0) is 31.8. The molecule has 230 valence electrons. The van der Waals surface area contributed by atoms with E-state index in [2.05, 4.69) is 0 Å². The summed E-state index contributed by atoms with van der Waals surface area (Å²) in [4.78, 5) is 57.3. The van der Waals surface area contributed by atoms with Gasteiger partial charge in [0.2, 0.25) is 17.6 Å². The maximum absolute atomic E-state index is 15.2. The molecule has 2 saturated heterocycles. The lowest BCUT2D eigenvalue weighted by atomic mass is 9.49. The summed E-state index contributed by atoms with van der Waals surface area (Å²) in [6, 6.07) is 18.8. The molecule has 2 aliphatic heterocycles. The van der Waals surface area contributed by atoms with E-state index in [1.54, 1.807) is 48.5 Å². The van der Waals surface area contributed by atoms with Crippen molar-refractivity contribution in [3.63, 3.8) is 0 Å². The lowest BCUT2D eigenvalue weighted by Gasteiger charge is -2.50. The number of methoxy groups -OCH3 is 2. The Morgan fingerprint density at radius 3 is 2.20 bits per heavy atom. The van der Waals surface area contributed by atoms with Crippen LogP contribution in [-0.4, -0.2) is 53.2 Å². The summed E-state index contributed by atoms with van der Waals surface area (Å²) >= 11 is 6.33. The molecular weight excluding hydrogens is 600 g/mol. The predicted octanol–water partition coefficient (Wildman–Crippen LogP) is 4.61. The van der Waals surface area contributed by atoms with Crippen molar-refractivity contribution in [1.82, 2.24) is 5.06 Å². The third-order valence-corrected chi connectivity index (χ3v) is 10.2. The van der Waals surface area contributed by atoms with Crippen molar-refractivity contribution in [2.24, 2.45) is 23.7 Å². The van der Waals surface area contributed by atoms with E-state index in [0.29, 0.717) is 27.4 Å². The number of carbonyl (C=O) groups excluding carboxylic acids is 4. The van der Waals surface area contributed by atoms with Gasteiger partial charge >= 0.3 is 0 Å². The van der Waals surface area contributed by atoms with Gasteiger partial charge in [0.1, 0.15) is 0 Å². The third kappa shape index (κ3) is 3.91. The minimum atomic E-state index is -1.51. The molecule has 3 fully saturated rings. The van der Waals surface area contributed by atoms with Gasteiger partial charge in [0.05, 0.1) is 43.1 Å². The molecule has 0 radical (unpaired) electrons. The van der Waals surface area contributed by atoms with Crippen LogP contribution in [0.3, 0.4) is 0 Å². The fourth-order valence-corrected chi connectivity index (χ4v) is 8.37. The van der Waals surface area contributed by atoms with Gasteiger partial charge < -0.3 is 14.6 Å². The van der Waals surface area contributed by atoms with Gasteiger partial charge in [-0.25, -0.2) is 4.90 Å². The zero-order valence-corrected chi connectivity index (χ0v) is 25.1. The van der Waals surface area contributed by atoms with Crippen LogP contribution < -0.4 is 14.4 Å². The number of anilines is 1. The number of hydroxylamine groups is 2. The summed E-state index contributed by atoms with van der Waals surface area (Å²) in [5.41, 5.74) is 0.597. The SMILES string of the molecule is COc1cc([C@H]2C3=CC[C@@H]4C(=O)N(O)C(=O)[C@@H]4[C@@H]3C[C@H]3C(=O)N(c4cccc(Cl)c4)C(=O)[C@@]23c2ccccc2)cc(OC)c1O. The number of hydrogen-bond donors (Lipinski definition) is 2. The van der Waals surface area contributed by atoms with Gasteiger partial charge in [0.15, 0.2) is 11.5 Å². The Morgan fingerprint density at radius 2 is 1.56 bits per heavy atom. The molecule has 6 atom stereocenters. The number of benzene rings is 3. The van der Waals surface area contributed by atoms with Crippen LogP contribution in [0.15, 0.2) is 78.4 Å². The number of carbonyl (C=O) groups is 4. The van der Waals surface area contributed by atoms with Crippen LogP contribution in [0.4, 0.5) is 5.69 Å². The van der Waals surface area contributed by atoms with Crippen molar-refractivity contribution in [3.05, 3.63) is 94.5 Å². The smallest absolute Gasteiger partial charge is 0.257 e. The van der Waals surface area contributed by atoms with Gasteiger partial charge in [-0.3, -0.25) is 24.4 Å². The molecule has 45 heavy (non-hydrogen) atoms. The van der Waals surface area contributed by atoms with Crippen LogP contribution >= 0.6 is 11.6 Å². The number of fused-ring (bicyclic) bond motifs is 4. The number of halogens is 1. The van der Waals surface area contributed by atoms with Crippen LogP contribution in [0, 0.1) is 23.7 Å². The first-order chi connectivity index (χ1) is 21.6. The fourth-order valence-electron chi connectivity index (χ4n) is 8.18. The standard InChI is InChI=1S/C34H29ClN2O8/c1-44-25-13-17(14-26(45-2)29(25)38)28-21-11-12-22-27(32(41)37(43)30(22)39)23(21)16-24-31(40)36(20-10-6-9-19(35)15-20)33(42)34(24,28)18-7-4-3-5-8-18/h3-11,13-15,22-24,27-28,38,43H,12,16H2,1-2H3/t22-,23+,24-,27-,28-,34+/m0/s1. The molecule has 0 aromatic heterocycles. The predicted molar refractivity (Wildman–Crippen MR) is 161 cm³/mol. The van der Waals surface area contributed by atoms with Crippen molar-refractivity contribution in [1.29, 1.82) is 0 Å². The molecule has 3 aromatic rings. The average Bonchev–Trinajstić information content (AvgIpc) is 3.41. The molecule has 10 nitrogen and oxygen atoms in total. The summed E-state index contributed by atoms with van der Waals surface area (Å²) in [7, 11) is 2.79. The Morgan fingerprint density at radius 1 is 0.867 bits per heavy atom. The fraction of sp³-hybridized carbons (Fsp3) is 0.294. The molecule has 0 unspecified atom stereocenters. The Balaban J connectivity index is 1.55. The molecule has 3 aromatic carbocycles. The number of allylic oxidation sites excluding steroid dienone is 2. The van der Waals surface area contributed by atoms with Gasteiger partial charge in [-0.05, 0) is 60.2 Å². The second-order valence-electron chi connectivity index (χ2n) is 11.9. The number of amides is 4. The summed E-state index contributed by atoms with van der Waals surface area (Å²) in [6.45, 7) is 0. The van der Waals surface area contributed by atoms with E-state index in [1.807, 2.05) is 24.3 Å². The molecule has 11 heteroatoms. The van der Waals surface area contributed by atoms with Crippen molar-refractivity contribution in [3.8, 4) is 17.2 Å². The quantitative estimate of drug-likeness (QED) is 0.238. The minimum absolute atomic E-state index is 0.0826. The molecule has 7 rings (SSSR count). The maximum Gasteiger partial charge on any atom is 0.257 e. The summed E-state index contributed by atoms with van der Waals surface area (Å²) in [6.07, 6.45) is 2.11. The lowest BCUT2D eigenvalue weighted by molar-refractivity contribution is -0.173. The first-order valence-corrected chi connectivity index (χ1v) is 14.9. The van der Waals surface area contributed by atoms with Crippen molar-refractivity contribution >= 4 is 40.9 Å². The van der Waals surface area contributed by atoms with Crippen LogP contribution in [0.25, 0.3) is 0 Å². The summed E-state index contributed by atoms with van der Waals surface area (Å²) < 4.78 is 11.0. The first kappa shape index (κ1) is 29.1. The van der Waals surface area contributed by atoms with Crippen molar-refractivity contribution in [2.75, 3.05) is 19.1 Å². The number of phenolic OH excluding ortho intramolecular Hbond substituents is 1. The molecule has 4 amide bonds. The van der Waals surface area contributed by atoms with Gasteiger partial charge in [-0.15, -0.1) is 0 Å². The molecular formula is C34H29ClN2O8. The highest BCUT2D eigenvalue weighted by Gasteiger charge is 2.70. The number of ether oxygens (including phenoxy) is 2. The minimum Gasteiger partial charge on any atom is -0.502 e. The van der Waals surface area contributed by atoms with Gasteiger partial charge in [0, 0.05) is 10.9 Å². The molecule has 0 spiro atoms. The highest BCUT2D eigenvalue weighted by molar-refractivity contribution is 6.32. The van der Waals surface area contributed by atoms with E-state index < -0.39 is 58.6 Å². The first-order valence-electron chi connectivity index (χ1n) is 14.6. The normalized spacial score (nSPS) is 28.9. The highest BCUT2D eigenvalue weighted by Crippen LogP contribution is 2.65. The number of phenols is 1. The van der Waals surface area contributed by atoms with Crippen LogP contribution in [0.5, 0.6) is 17.2 Å². The molecule has 0 bridgehead atoms. The Bertz CT molecular complexity index is 1780. The Hall–Kier alpha value is -4.67. The van der Waals surface area contributed by atoms with Gasteiger partial charge in [-0.2, -0.15) is 5.06 Å². The largest absolute Gasteiger partial charge is 0.502 e. The maximum atomic E-state index is 15.2. The van der Waals surface area contributed by atoms with Crippen molar-refractivity contribution < 1.29 is 39.0 Å². The second-order valence-corrected chi connectivity index (χ2v) is 12.3. The van der Waals surface area contributed by atoms with Gasteiger partial charge in [-0.1, -0.05) is 59.6 Å². The monoisotopic (exact) mass is 628 g/mol. The number of imide groups is 2. The number of nitrogens with zero attached hydrogens (tertiary/aromatic N) is 2. The van der Waals surface area contributed by atoms with E-state index in [1.165, 1.54) is 19.1 Å². The third-order valence-electron chi connectivity index (χ3n) is 9.98. The Kier molecular flexibility index (Phi) is 6.75. The summed E-state index contributed by atoms with van der Waals surface area (Å²) in [5.74, 6) is -6.57. The van der Waals surface area contributed by atoms with Gasteiger partial charge in [0.25, 0.3) is 11.8 Å². The van der Waals surface area contributed by atoms with E-state index in [9.17, 15) is 24.7 Å². The molecule has 2 N–H and O–H groups in total. The second kappa shape index (κ2) is 10.5. The Labute approximate surface area is 263 Å². The highest BCUT2D eigenvalue weighted by atomic mass is 35.5. The lowest BCUT2D eigenvalue weighted by Crippen LogP contribution is -2.53. The average molecular weight is 629 g/mol. The van der Waals surface area contributed by atoms with E-state index >= 15 is 4.79 Å². The topological polar surface area (TPSA) is 134 Å². The van der Waals surface area contributed by atoms with E-state index in [0.717, 1.165) is 0 Å². The van der Waals surface area contributed by atoms with Crippen molar-refractivity contribution in [2.45, 2.75) is 24.2 Å². The summed E-state index contributed by atoms with van der Waals surface area (Å²) in [5, 5.41) is 21.7. The van der Waals surface area contributed by atoms with Crippen LogP contribution in [-0.2, 0) is 24.6 Å². The van der Waals surface area contributed by atoms with Crippen LogP contribution in [0.2, 0.25) is 5.02 Å². The van der Waals surface area contributed by atoms with E-state index in [4.69, 9.17) is 21.1 Å². The molecule has 4 aliphatic rings. The van der Waals surface area contributed by atoms with E-state index in [-0.39, 0.29) is 35.2 Å². The molecule has 1 saturated carbocycles. The zero-order valence-electron chi connectivity index (χ0n) is 24.3. The number of aromatic hydroxyl groups is 1. The molecule has 2 aliphatic carbocycles.